The second kappa shape index (κ2) is 14.9. The van der Waals surface area contributed by atoms with Gasteiger partial charge in [0.15, 0.2) is 5.82 Å². The van der Waals surface area contributed by atoms with E-state index in [1.54, 1.807) is 17.0 Å². The monoisotopic (exact) mass is 664 g/mol. The number of phenols is 1. The number of nitrogens with two attached hydrogens (primary N) is 1. The van der Waals surface area contributed by atoms with Crippen LogP contribution in [0.4, 0.5) is 21.0 Å². The Bertz CT molecular complexity index is 1720. The molecule has 1 saturated heterocycles. The van der Waals surface area contributed by atoms with Gasteiger partial charge in [-0.2, -0.15) is 4.98 Å². The van der Waals surface area contributed by atoms with Crippen molar-refractivity contribution in [3.8, 4) is 16.9 Å². The topological polar surface area (TPSA) is 108 Å². The van der Waals surface area contributed by atoms with Crippen LogP contribution in [0.5, 0.6) is 5.75 Å². The highest BCUT2D eigenvalue weighted by Gasteiger charge is 2.29. The van der Waals surface area contributed by atoms with E-state index in [2.05, 4.69) is 4.90 Å². The van der Waals surface area contributed by atoms with Crippen LogP contribution in [0, 0.1) is 5.82 Å². The Morgan fingerprint density at radius 2 is 1.68 bits per heavy atom. The van der Waals surface area contributed by atoms with Crippen LogP contribution in [0.3, 0.4) is 0 Å². The summed E-state index contributed by atoms with van der Waals surface area (Å²) in [6, 6.07) is 12.4. The Morgan fingerprint density at radius 1 is 1.00 bits per heavy atom. The molecule has 0 atom stereocenters. The number of phenolic OH excluding ortho intramolecular Hbond substituents is 1. The average molecular weight is 665 g/mol. The number of fused-ring (bicyclic) bond motifs is 2. The lowest BCUT2D eigenvalue weighted by Crippen LogP contribution is -2.50. The zero-order chi connectivity index (χ0) is 33.7. The summed E-state index contributed by atoms with van der Waals surface area (Å²) in [7, 11) is 1.93. The molecule has 11 heteroatoms. The summed E-state index contributed by atoms with van der Waals surface area (Å²) in [5.41, 5.74) is 5.85. The quantitative estimate of drug-likeness (QED) is 0.157. The first-order valence-electron chi connectivity index (χ1n) is 16.5. The minimum atomic E-state index is -0.589. The van der Waals surface area contributed by atoms with Crippen LogP contribution in [-0.2, 0) is 4.74 Å². The maximum absolute atomic E-state index is 16.9. The van der Waals surface area contributed by atoms with Crippen LogP contribution in [0.15, 0.2) is 42.5 Å². The Hall–Kier alpha value is -3.89. The molecule has 0 saturated carbocycles. The van der Waals surface area contributed by atoms with Gasteiger partial charge in [-0.05, 0) is 74.7 Å². The van der Waals surface area contributed by atoms with Gasteiger partial charge in [0.1, 0.15) is 22.7 Å². The number of amides is 1. The van der Waals surface area contributed by atoms with Crippen LogP contribution in [0.2, 0.25) is 5.02 Å². The molecule has 1 aliphatic rings. The first-order valence-corrected chi connectivity index (χ1v) is 16.9. The lowest BCUT2D eigenvalue weighted by Gasteiger charge is -2.36. The van der Waals surface area contributed by atoms with Crippen molar-refractivity contribution in [1.29, 1.82) is 0 Å². The first-order chi connectivity index (χ1) is 22.5. The molecule has 3 N–H and O–H groups in total. The first kappa shape index (κ1) is 34.4. The molecule has 0 bridgehead atoms. The van der Waals surface area contributed by atoms with Gasteiger partial charge in [0.2, 0.25) is 5.95 Å². The van der Waals surface area contributed by atoms with E-state index in [0.29, 0.717) is 55.4 Å². The van der Waals surface area contributed by atoms with Gasteiger partial charge in [-0.1, -0.05) is 61.5 Å². The number of rotatable bonds is 11. The van der Waals surface area contributed by atoms with Crippen molar-refractivity contribution >= 4 is 51.1 Å². The highest BCUT2D eigenvalue weighted by atomic mass is 35.5. The van der Waals surface area contributed by atoms with Crippen LogP contribution in [-0.4, -0.2) is 78.0 Å². The standard InChI is InChI=1S/C36H46ClFN6O3/c1-36(2,3)47-35(46)44-19-17-43(18-20-44)33-28-23-29(37)30(27-22-25(45)21-24-13-9-10-14-26(24)27)31(38)32(28)40-34(41-33)42(4)16-12-8-6-5-7-11-15-39/h9-10,13-14,21-23,45H,5-8,11-12,15-20,39H2,1-4H3. The van der Waals surface area contributed by atoms with Gasteiger partial charge < -0.3 is 30.3 Å². The summed E-state index contributed by atoms with van der Waals surface area (Å²) in [6.45, 7) is 8.81. The number of anilines is 2. The van der Waals surface area contributed by atoms with E-state index in [1.807, 2.05) is 57.0 Å². The van der Waals surface area contributed by atoms with E-state index in [1.165, 1.54) is 6.07 Å². The molecule has 0 spiro atoms. The van der Waals surface area contributed by atoms with E-state index in [-0.39, 0.29) is 27.9 Å². The zero-order valence-electron chi connectivity index (χ0n) is 27.9. The molecular weight excluding hydrogens is 619 g/mol. The van der Waals surface area contributed by atoms with Crippen molar-refractivity contribution < 1.29 is 19.0 Å². The Balaban J connectivity index is 1.52. The summed E-state index contributed by atoms with van der Waals surface area (Å²) in [5, 5.41) is 12.8. The number of aromatic hydroxyl groups is 1. The van der Waals surface area contributed by atoms with Gasteiger partial charge in [-0.15, -0.1) is 0 Å². The zero-order valence-corrected chi connectivity index (χ0v) is 28.6. The van der Waals surface area contributed by atoms with Crippen LogP contribution in [0.25, 0.3) is 32.8 Å². The predicted molar refractivity (Wildman–Crippen MR) is 189 cm³/mol. The summed E-state index contributed by atoms with van der Waals surface area (Å²) in [5.74, 6) is 0.423. The Labute approximate surface area is 281 Å². The number of carbonyl (C=O) groups is 1. The third-order valence-electron chi connectivity index (χ3n) is 8.49. The fraction of sp³-hybridized carbons (Fsp3) is 0.472. The maximum atomic E-state index is 16.9. The number of piperazine rings is 1. The summed E-state index contributed by atoms with van der Waals surface area (Å²) < 4.78 is 22.5. The van der Waals surface area contributed by atoms with Crippen LogP contribution in [0.1, 0.15) is 59.3 Å². The molecule has 3 aromatic carbocycles. The molecule has 4 aromatic rings. The lowest BCUT2D eigenvalue weighted by atomic mass is 9.96. The molecule has 5 rings (SSSR count). The summed E-state index contributed by atoms with van der Waals surface area (Å²) >= 11 is 6.88. The minimum Gasteiger partial charge on any atom is -0.508 e. The Morgan fingerprint density at radius 3 is 2.38 bits per heavy atom. The van der Waals surface area contributed by atoms with E-state index in [0.717, 1.165) is 55.8 Å². The SMILES string of the molecule is CN(CCCCCCCCN)c1nc(N2CCN(C(=O)OC(C)(C)C)CC2)c2cc(Cl)c(-c3cc(O)cc4ccccc34)c(F)c2n1. The number of benzene rings is 3. The number of halogens is 2. The van der Waals surface area contributed by atoms with Gasteiger partial charge in [-0.3, -0.25) is 0 Å². The molecule has 1 aromatic heterocycles. The molecular formula is C36H46ClFN6O3. The molecule has 1 amide bonds. The molecule has 0 unspecified atom stereocenters. The van der Waals surface area contributed by atoms with Crippen molar-refractivity contribution in [2.75, 3.05) is 56.1 Å². The van der Waals surface area contributed by atoms with Gasteiger partial charge in [0.25, 0.3) is 0 Å². The van der Waals surface area contributed by atoms with E-state index in [4.69, 9.17) is 32.0 Å². The maximum Gasteiger partial charge on any atom is 0.410 e. The largest absolute Gasteiger partial charge is 0.508 e. The number of aromatic nitrogens is 2. The van der Waals surface area contributed by atoms with Crippen molar-refractivity contribution in [1.82, 2.24) is 14.9 Å². The van der Waals surface area contributed by atoms with Gasteiger partial charge in [-0.25, -0.2) is 14.2 Å². The molecule has 252 valence electrons. The highest BCUT2D eigenvalue weighted by Crippen LogP contribution is 2.42. The van der Waals surface area contributed by atoms with Crippen molar-refractivity contribution in [3.63, 3.8) is 0 Å². The summed E-state index contributed by atoms with van der Waals surface area (Å²) in [4.78, 5) is 28.2. The number of hydrogen-bond acceptors (Lipinski definition) is 8. The molecule has 47 heavy (non-hydrogen) atoms. The van der Waals surface area contributed by atoms with E-state index in [9.17, 15) is 9.90 Å². The number of nitrogens with zero attached hydrogens (tertiary/aromatic N) is 5. The molecule has 2 heterocycles. The molecule has 0 aliphatic carbocycles. The van der Waals surface area contributed by atoms with Crippen molar-refractivity contribution in [2.24, 2.45) is 5.73 Å². The fourth-order valence-electron chi connectivity index (χ4n) is 6.06. The number of ether oxygens (including phenoxy) is 1. The second-order valence-electron chi connectivity index (χ2n) is 13.3. The van der Waals surface area contributed by atoms with Crippen molar-refractivity contribution in [3.05, 3.63) is 53.3 Å². The lowest BCUT2D eigenvalue weighted by molar-refractivity contribution is 0.0240. The van der Waals surface area contributed by atoms with Gasteiger partial charge in [0, 0.05) is 50.7 Å². The third kappa shape index (κ3) is 8.16. The fourth-order valence-corrected chi connectivity index (χ4v) is 6.35. The van der Waals surface area contributed by atoms with Crippen LogP contribution < -0.4 is 15.5 Å². The summed E-state index contributed by atoms with van der Waals surface area (Å²) in [6.07, 6.45) is 6.15. The molecule has 1 fully saturated rings. The molecule has 1 aliphatic heterocycles. The molecule has 9 nitrogen and oxygen atoms in total. The van der Waals surface area contributed by atoms with E-state index < -0.39 is 11.4 Å². The normalized spacial score (nSPS) is 13.9. The predicted octanol–water partition coefficient (Wildman–Crippen LogP) is 7.74. The van der Waals surface area contributed by atoms with Gasteiger partial charge >= 0.3 is 6.09 Å². The third-order valence-corrected chi connectivity index (χ3v) is 8.78. The molecule has 0 radical (unpaired) electrons. The van der Waals surface area contributed by atoms with Crippen LogP contribution >= 0.6 is 11.6 Å². The minimum absolute atomic E-state index is 0.0175. The number of carbonyl (C=O) groups excluding carboxylic acids is 1. The van der Waals surface area contributed by atoms with Gasteiger partial charge in [0.05, 0.1) is 5.02 Å². The second-order valence-corrected chi connectivity index (χ2v) is 13.7. The number of hydrogen-bond donors (Lipinski definition) is 2. The van der Waals surface area contributed by atoms with E-state index >= 15 is 4.39 Å². The smallest absolute Gasteiger partial charge is 0.410 e. The average Bonchev–Trinajstić information content (AvgIpc) is 3.03. The number of unbranched alkanes of at least 4 members (excludes halogenated alkanes) is 5. The highest BCUT2D eigenvalue weighted by molar-refractivity contribution is 6.35. The van der Waals surface area contributed by atoms with Crippen molar-refractivity contribution in [2.45, 2.75) is 64.9 Å². The Kier molecular flexibility index (Phi) is 10.9.